The number of thioether (sulfide) groups is 1. The van der Waals surface area contributed by atoms with Gasteiger partial charge in [-0.25, -0.2) is 4.39 Å². The van der Waals surface area contributed by atoms with E-state index in [1.54, 1.807) is 43.5 Å². The average Bonchev–Trinajstić information content (AvgIpc) is 2.46. The zero-order valence-electron chi connectivity index (χ0n) is 11.4. The highest BCUT2D eigenvalue weighted by molar-refractivity contribution is 7.98. The zero-order chi connectivity index (χ0) is 14.5. The third-order valence-electron chi connectivity index (χ3n) is 2.91. The first-order chi connectivity index (χ1) is 9.61. The van der Waals surface area contributed by atoms with Crippen LogP contribution < -0.4 is 4.74 Å². The first-order valence-electron chi connectivity index (χ1n) is 6.17. The molecule has 2 aromatic carbocycles. The van der Waals surface area contributed by atoms with Gasteiger partial charge in [0.15, 0.2) is 5.78 Å². The first kappa shape index (κ1) is 14.6. The van der Waals surface area contributed by atoms with Crippen molar-refractivity contribution in [3.63, 3.8) is 0 Å². The Morgan fingerprint density at radius 3 is 2.65 bits per heavy atom. The number of halogens is 1. The summed E-state index contributed by atoms with van der Waals surface area (Å²) in [6.45, 7) is 1.52. The molecular weight excluding hydrogens is 275 g/mol. The second-order valence-corrected chi connectivity index (χ2v) is 5.32. The quantitative estimate of drug-likeness (QED) is 0.605. The SMILES string of the molecule is COc1ccc(C(C)=O)cc1CSc1ccccc1F. The van der Waals surface area contributed by atoms with Crippen molar-refractivity contribution in [1.29, 1.82) is 0 Å². The molecule has 0 atom stereocenters. The van der Waals surface area contributed by atoms with Crippen LogP contribution in [0.3, 0.4) is 0 Å². The lowest BCUT2D eigenvalue weighted by molar-refractivity contribution is 0.101. The Hall–Kier alpha value is -1.81. The topological polar surface area (TPSA) is 26.3 Å². The minimum absolute atomic E-state index is 0.00444. The second kappa shape index (κ2) is 6.57. The number of benzene rings is 2. The fourth-order valence-electron chi connectivity index (χ4n) is 1.83. The molecule has 2 rings (SSSR count). The van der Waals surface area contributed by atoms with Gasteiger partial charge in [0.05, 0.1) is 7.11 Å². The number of Topliss-reactive ketones (excluding diaryl/α,β-unsaturated/α-hetero) is 1. The molecular formula is C16H15FO2S. The van der Waals surface area contributed by atoms with Crippen molar-refractivity contribution in [1.82, 2.24) is 0 Å². The smallest absolute Gasteiger partial charge is 0.159 e. The lowest BCUT2D eigenvalue weighted by Crippen LogP contribution is -1.97. The first-order valence-corrected chi connectivity index (χ1v) is 7.15. The van der Waals surface area contributed by atoms with E-state index in [-0.39, 0.29) is 11.6 Å². The third-order valence-corrected chi connectivity index (χ3v) is 4.00. The van der Waals surface area contributed by atoms with Crippen LogP contribution in [0.1, 0.15) is 22.8 Å². The van der Waals surface area contributed by atoms with E-state index in [1.807, 2.05) is 0 Å². The standard InChI is InChI=1S/C16H15FO2S/c1-11(18)12-7-8-15(19-2)13(9-12)10-20-16-6-4-3-5-14(16)17/h3-9H,10H2,1-2H3. The van der Waals surface area contributed by atoms with Gasteiger partial charge in [-0.15, -0.1) is 11.8 Å². The van der Waals surface area contributed by atoms with E-state index in [0.29, 0.717) is 22.0 Å². The molecule has 2 nitrogen and oxygen atoms in total. The molecule has 4 heteroatoms. The van der Waals surface area contributed by atoms with Crippen LogP contribution in [0, 0.1) is 5.82 Å². The fourth-order valence-corrected chi connectivity index (χ4v) is 2.74. The lowest BCUT2D eigenvalue weighted by atomic mass is 10.1. The summed E-state index contributed by atoms with van der Waals surface area (Å²) in [6, 6.07) is 11.9. The Kier molecular flexibility index (Phi) is 4.79. The van der Waals surface area contributed by atoms with Gasteiger partial charge in [0, 0.05) is 21.8 Å². The van der Waals surface area contributed by atoms with Gasteiger partial charge in [-0.2, -0.15) is 0 Å². The zero-order valence-corrected chi connectivity index (χ0v) is 12.2. The Labute approximate surface area is 122 Å². The Morgan fingerprint density at radius 1 is 1.25 bits per heavy atom. The van der Waals surface area contributed by atoms with E-state index in [2.05, 4.69) is 0 Å². The van der Waals surface area contributed by atoms with E-state index >= 15 is 0 Å². The summed E-state index contributed by atoms with van der Waals surface area (Å²) < 4.78 is 18.9. The molecule has 0 aliphatic carbocycles. The molecule has 0 bridgehead atoms. The molecule has 2 aromatic rings. The van der Waals surface area contributed by atoms with Gasteiger partial charge in [0.1, 0.15) is 11.6 Å². The minimum Gasteiger partial charge on any atom is -0.496 e. The minimum atomic E-state index is -0.237. The molecule has 0 unspecified atom stereocenters. The summed E-state index contributed by atoms with van der Waals surface area (Å²) in [5.41, 5.74) is 1.52. The van der Waals surface area contributed by atoms with Crippen molar-refractivity contribution in [3.8, 4) is 5.75 Å². The highest BCUT2D eigenvalue weighted by Gasteiger charge is 2.09. The molecule has 0 N–H and O–H groups in total. The number of ketones is 1. The highest BCUT2D eigenvalue weighted by Crippen LogP contribution is 2.30. The number of ether oxygens (including phenoxy) is 1. The molecule has 0 spiro atoms. The maximum Gasteiger partial charge on any atom is 0.159 e. The number of hydrogen-bond acceptors (Lipinski definition) is 3. The molecule has 0 amide bonds. The van der Waals surface area contributed by atoms with Crippen molar-refractivity contribution >= 4 is 17.5 Å². The molecule has 0 aliphatic rings. The van der Waals surface area contributed by atoms with E-state index < -0.39 is 0 Å². The molecule has 0 aliphatic heterocycles. The molecule has 0 heterocycles. The van der Waals surface area contributed by atoms with Gasteiger partial charge in [-0.1, -0.05) is 12.1 Å². The molecule has 0 aromatic heterocycles. The third kappa shape index (κ3) is 3.39. The summed E-state index contributed by atoms with van der Waals surface area (Å²) in [6.07, 6.45) is 0. The number of rotatable bonds is 5. The van der Waals surface area contributed by atoms with Crippen LogP contribution in [-0.2, 0) is 5.75 Å². The van der Waals surface area contributed by atoms with E-state index in [4.69, 9.17) is 4.74 Å². The largest absolute Gasteiger partial charge is 0.496 e. The Balaban J connectivity index is 2.22. The van der Waals surface area contributed by atoms with Crippen molar-refractivity contribution in [2.45, 2.75) is 17.6 Å². The van der Waals surface area contributed by atoms with Crippen LogP contribution in [0.5, 0.6) is 5.75 Å². The molecule has 0 saturated carbocycles. The molecule has 0 radical (unpaired) electrons. The maximum atomic E-state index is 13.6. The van der Waals surface area contributed by atoms with Crippen LogP contribution >= 0.6 is 11.8 Å². The summed E-state index contributed by atoms with van der Waals surface area (Å²) in [7, 11) is 1.58. The van der Waals surface area contributed by atoms with Crippen LogP contribution in [-0.4, -0.2) is 12.9 Å². The summed E-state index contributed by atoms with van der Waals surface area (Å²) >= 11 is 1.38. The van der Waals surface area contributed by atoms with E-state index in [9.17, 15) is 9.18 Å². The molecule has 20 heavy (non-hydrogen) atoms. The van der Waals surface area contributed by atoms with Gasteiger partial charge >= 0.3 is 0 Å². The van der Waals surface area contributed by atoms with Crippen LogP contribution in [0.25, 0.3) is 0 Å². The fraction of sp³-hybridized carbons (Fsp3) is 0.188. The van der Waals surface area contributed by atoms with Gasteiger partial charge in [0.25, 0.3) is 0 Å². The number of methoxy groups -OCH3 is 1. The number of carbonyl (C=O) groups excluding carboxylic acids is 1. The van der Waals surface area contributed by atoms with Gasteiger partial charge < -0.3 is 4.74 Å². The maximum absolute atomic E-state index is 13.6. The van der Waals surface area contributed by atoms with E-state index in [1.165, 1.54) is 24.8 Å². The van der Waals surface area contributed by atoms with Gasteiger partial charge in [-0.05, 0) is 37.3 Å². The van der Waals surface area contributed by atoms with Gasteiger partial charge in [0.2, 0.25) is 0 Å². The number of carbonyl (C=O) groups is 1. The molecule has 0 saturated heterocycles. The van der Waals surface area contributed by atoms with Gasteiger partial charge in [-0.3, -0.25) is 4.79 Å². The van der Waals surface area contributed by atoms with Crippen molar-refractivity contribution in [2.24, 2.45) is 0 Å². The number of hydrogen-bond donors (Lipinski definition) is 0. The monoisotopic (exact) mass is 290 g/mol. The van der Waals surface area contributed by atoms with Crippen molar-refractivity contribution in [3.05, 3.63) is 59.4 Å². The van der Waals surface area contributed by atoms with Crippen LogP contribution in [0.15, 0.2) is 47.4 Å². The Morgan fingerprint density at radius 2 is 2.00 bits per heavy atom. The van der Waals surface area contributed by atoms with E-state index in [0.717, 1.165) is 5.56 Å². The normalized spacial score (nSPS) is 10.3. The van der Waals surface area contributed by atoms with Crippen molar-refractivity contribution in [2.75, 3.05) is 7.11 Å². The van der Waals surface area contributed by atoms with Crippen LogP contribution in [0.2, 0.25) is 0 Å². The highest BCUT2D eigenvalue weighted by atomic mass is 32.2. The van der Waals surface area contributed by atoms with Crippen molar-refractivity contribution < 1.29 is 13.9 Å². The average molecular weight is 290 g/mol. The summed E-state index contributed by atoms with van der Waals surface area (Å²) in [5, 5.41) is 0. The summed E-state index contributed by atoms with van der Waals surface area (Å²) in [5.74, 6) is 1.02. The lowest BCUT2D eigenvalue weighted by Gasteiger charge is -2.10. The predicted octanol–water partition coefficient (Wildman–Crippen LogP) is 4.33. The molecule has 104 valence electrons. The van der Waals surface area contributed by atoms with Crippen LogP contribution in [0.4, 0.5) is 4.39 Å². The predicted molar refractivity (Wildman–Crippen MR) is 79.0 cm³/mol. The molecule has 0 fully saturated rings. The second-order valence-electron chi connectivity index (χ2n) is 4.30. The Bertz CT molecular complexity index is 626. The summed E-state index contributed by atoms with van der Waals surface area (Å²) in [4.78, 5) is 12.0.